The second-order valence-corrected chi connectivity index (χ2v) is 5.53. The molecule has 0 aromatic carbocycles. The first-order valence-corrected chi connectivity index (χ1v) is 5.89. The first-order valence-electron chi connectivity index (χ1n) is 5.89. The Morgan fingerprint density at radius 2 is 2.27 bits per heavy atom. The van der Waals surface area contributed by atoms with Gasteiger partial charge < -0.3 is 5.73 Å². The standard InChI is InChI=1S/C12H19N3/c1-15-3-2-11(14-15)7-12(8-13)5-9-4-10(9)6-12/h2-3,9-10H,4-8,13H2,1H3. The van der Waals surface area contributed by atoms with Crippen molar-refractivity contribution < 1.29 is 0 Å². The Bertz CT molecular complexity index is 359. The number of aryl methyl sites for hydroxylation is 1. The van der Waals surface area contributed by atoms with Gasteiger partial charge in [0.05, 0.1) is 5.69 Å². The van der Waals surface area contributed by atoms with E-state index in [1.807, 2.05) is 17.9 Å². The van der Waals surface area contributed by atoms with Crippen LogP contribution in [0.5, 0.6) is 0 Å². The Morgan fingerprint density at radius 3 is 2.80 bits per heavy atom. The summed E-state index contributed by atoms with van der Waals surface area (Å²) in [5, 5.41) is 4.47. The van der Waals surface area contributed by atoms with Gasteiger partial charge in [-0.25, -0.2) is 0 Å². The summed E-state index contributed by atoms with van der Waals surface area (Å²) in [6.45, 7) is 0.830. The summed E-state index contributed by atoms with van der Waals surface area (Å²) >= 11 is 0. The number of nitrogens with two attached hydrogens (primary N) is 1. The van der Waals surface area contributed by atoms with Crippen LogP contribution in [0.15, 0.2) is 12.3 Å². The van der Waals surface area contributed by atoms with E-state index in [1.54, 1.807) is 0 Å². The summed E-state index contributed by atoms with van der Waals surface area (Å²) in [5.74, 6) is 1.99. The lowest BCUT2D eigenvalue weighted by molar-refractivity contribution is 0.269. The van der Waals surface area contributed by atoms with Gasteiger partial charge >= 0.3 is 0 Å². The maximum atomic E-state index is 5.97. The van der Waals surface area contributed by atoms with Crippen molar-refractivity contribution in [1.29, 1.82) is 0 Å². The number of hydrogen-bond acceptors (Lipinski definition) is 2. The van der Waals surface area contributed by atoms with Crippen LogP contribution in [0.2, 0.25) is 0 Å². The van der Waals surface area contributed by atoms with E-state index in [4.69, 9.17) is 5.73 Å². The Kier molecular flexibility index (Phi) is 1.93. The predicted molar refractivity (Wildman–Crippen MR) is 59.2 cm³/mol. The molecule has 2 aliphatic carbocycles. The van der Waals surface area contributed by atoms with E-state index >= 15 is 0 Å². The molecule has 1 heterocycles. The van der Waals surface area contributed by atoms with E-state index in [2.05, 4.69) is 11.2 Å². The van der Waals surface area contributed by atoms with E-state index in [1.165, 1.54) is 25.0 Å². The van der Waals surface area contributed by atoms with Crippen LogP contribution in [0.25, 0.3) is 0 Å². The van der Waals surface area contributed by atoms with Gasteiger partial charge in [0.15, 0.2) is 0 Å². The highest BCUT2D eigenvalue weighted by Gasteiger charge is 2.53. The molecule has 2 atom stereocenters. The summed E-state index contributed by atoms with van der Waals surface area (Å²) in [4.78, 5) is 0. The summed E-state index contributed by atoms with van der Waals surface area (Å²) < 4.78 is 1.88. The highest BCUT2D eigenvalue weighted by Crippen LogP contribution is 2.60. The summed E-state index contributed by atoms with van der Waals surface area (Å²) in [7, 11) is 1.98. The SMILES string of the molecule is Cn1ccc(CC2(CN)CC3CC3C2)n1. The molecule has 2 aliphatic rings. The van der Waals surface area contributed by atoms with Gasteiger partial charge in [-0.15, -0.1) is 0 Å². The molecule has 0 aliphatic heterocycles. The molecule has 3 rings (SSSR count). The summed E-state index contributed by atoms with van der Waals surface area (Å²) in [6, 6.07) is 2.13. The monoisotopic (exact) mass is 205 g/mol. The first-order chi connectivity index (χ1) is 7.21. The van der Waals surface area contributed by atoms with Gasteiger partial charge in [0, 0.05) is 13.2 Å². The van der Waals surface area contributed by atoms with Crippen molar-refractivity contribution in [2.45, 2.75) is 25.7 Å². The molecule has 2 fully saturated rings. The minimum atomic E-state index is 0.377. The van der Waals surface area contributed by atoms with Gasteiger partial charge in [0.25, 0.3) is 0 Å². The maximum Gasteiger partial charge on any atom is 0.0630 e. The number of hydrogen-bond donors (Lipinski definition) is 1. The lowest BCUT2D eigenvalue weighted by Gasteiger charge is -2.28. The van der Waals surface area contributed by atoms with E-state index < -0.39 is 0 Å². The molecule has 0 spiro atoms. The maximum absolute atomic E-state index is 5.97. The molecule has 0 saturated heterocycles. The Morgan fingerprint density at radius 1 is 1.53 bits per heavy atom. The summed E-state index contributed by atoms with van der Waals surface area (Å²) in [6.07, 6.45) is 7.24. The minimum Gasteiger partial charge on any atom is -0.330 e. The molecule has 82 valence electrons. The molecular weight excluding hydrogens is 186 g/mol. The molecule has 0 bridgehead atoms. The Balaban J connectivity index is 1.75. The van der Waals surface area contributed by atoms with Crippen molar-refractivity contribution in [2.75, 3.05) is 6.54 Å². The predicted octanol–water partition coefficient (Wildman–Crippen LogP) is 1.34. The smallest absolute Gasteiger partial charge is 0.0630 e. The minimum absolute atomic E-state index is 0.377. The molecular formula is C12H19N3. The highest BCUT2D eigenvalue weighted by atomic mass is 15.2. The number of rotatable bonds is 3. The zero-order valence-electron chi connectivity index (χ0n) is 9.32. The normalized spacial score (nSPS) is 38.0. The van der Waals surface area contributed by atoms with Crippen molar-refractivity contribution >= 4 is 0 Å². The number of aromatic nitrogens is 2. The van der Waals surface area contributed by atoms with E-state index in [0.717, 1.165) is 24.8 Å². The third kappa shape index (κ3) is 1.59. The van der Waals surface area contributed by atoms with Crippen molar-refractivity contribution in [3.8, 4) is 0 Å². The van der Waals surface area contributed by atoms with Crippen molar-refractivity contribution in [3.05, 3.63) is 18.0 Å². The van der Waals surface area contributed by atoms with Crippen LogP contribution in [-0.4, -0.2) is 16.3 Å². The fourth-order valence-corrected chi connectivity index (χ4v) is 3.33. The lowest BCUT2D eigenvalue weighted by atomic mass is 9.79. The van der Waals surface area contributed by atoms with Gasteiger partial charge in [0.1, 0.15) is 0 Å². The topological polar surface area (TPSA) is 43.8 Å². The number of nitrogens with zero attached hydrogens (tertiary/aromatic N) is 2. The average molecular weight is 205 g/mol. The van der Waals surface area contributed by atoms with Crippen molar-refractivity contribution in [2.24, 2.45) is 30.0 Å². The van der Waals surface area contributed by atoms with Crippen LogP contribution in [0.1, 0.15) is 25.0 Å². The van der Waals surface area contributed by atoms with Gasteiger partial charge in [-0.05, 0) is 55.5 Å². The van der Waals surface area contributed by atoms with E-state index in [-0.39, 0.29) is 0 Å². The molecule has 2 N–H and O–H groups in total. The van der Waals surface area contributed by atoms with Gasteiger partial charge in [-0.2, -0.15) is 5.10 Å². The second-order valence-electron chi connectivity index (χ2n) is 5.53. The van der Waals surface area contributed by atoms with Crippen LogP contribution in [0, 0.1) is 17.3 Å². The zero-order valence-corrected chi connectivity index (χ0v) is 9.32. The van der Waals surface area contributed by atoms with Crippen molar-refractivity contribution in [1.82, 2.24) is 9.78 Å². The molecule has 2 saturated carbocycles. The third-order valence-corrected chi connectivity index (χ3v) is 4.22. The van der Waals surface area contributed by atoms with Crippen LogP contribution in [0.3, 0.4) is 0 Å². The molecule has 0 amide bonds. The van der Waals surface area contributed by atoms with Crippen LogP contribution >= 0.6 is 0 Å². The zero-order chi connectivity index (χ0) is 10.5. The molecule has 3 heteroatoms. The van der Waals surface area contributed by atoms with E-state index in [9.17, 15) is 0 Å². The molecule has 15 heavy (non-hydrogen) atoms. The second kappa shape index (κ2) is 3.08. The highest BCUT2D eigenvalue weighted by molar-refractivity contribution is 5.10. The fourth-order valence-electron chi connectivity index (χ4n) is 3.33. The fraction of sp³-hybridized carbons (Fsp3) is 0.750. The van der Waals surface area contributed by atoms with Crippen LogP contribution in [-0.2, 0) is 13.5 Å². The molecule has 0 radical (unpaired) electrons. The third-order valence-electron chi connectivity index (χ3n) is 4.22. The molecule has 1 aromatic heterocycles. The molecule has 1 aromatic rings. The quantitative estimate of drug-likeness (QED) is 0.809. The summed E-state index contributed by atoms with van der Waals surface area (Å²) in [5.41, 5.74) is 7.56. The van der Waals surface area contributed by atoms with Gasteiger partial charge in [-0.3, -0.25) is 4.68 Å². The van der Waals surface area contributed by atoms with Gasteiger partial charge in [-0.1, -0.05) is 0 Å². The largest absolute Gasteiger partial charge is 0.330 e. The van der Waals surface area contributed by atoms with E-state index in [0.29, 0.717) is 5.41 Å². The lowest BCUT2D eigenvalue weighted by Crippen LogP contribution is -2.31. The molecule has 3 nitrogen and oxygen atoms in total. The van der Waals surface area contributed by atoms with Crippen molar-refractivity contribution in [3.63, 3.8) is 0 Å². The Hall–Kier alpha value is -0.830. The van der Waals surface area contributed by atoms with Crippen LogP contribution in [0.4, 0.5) is 0 Å². The van der Waals surface area contributed by atoms with Gasteiger partial charge in [0.2, 0.25) is 0 Å². The Labute approximate surface area is 90.7 Å². The first kappa shape index (κ1) is 9.40. The number of fused-ring (bicyclic) bond motifs is 1. The average Bonchev–Trinajstić information content (AvgIpc) is 2.65. The molecule has 2 unspecified atom stereocenters. The van der Waals surface area contributed by atoms with Crippen LogP contribution < -0.4 is 5.73 Å².